The first-order valence-corrected chi connectivity index (χ1v) is 7.29. The van der Waals surface area contributed by atoms with E-state index in [9.17, 15) is 9.59 Å². The summed E-state index contributed by atoms with van der Waals surface area (Å²) in [4.78, 5) is 22.8. The summed E-state index contributed by atoms with van der Waals surface area (Å²) < 4.78 is 4.87. The summed E-state index contributed by atoms with van der Waals surface area (Å²) in [5, 5.41) is 18.1. The molecule has 1 aromatic rings. The molecular weight excluding hydrogens is 280 g/mol. The van der Waals surface area contributed by atoms with Crippen LogP contribution < -0.4 is 10.6 Å². The molecule has 112 valence electrons. The van der Waals surface area contributed by atoms with E-state index in [1.54, 1.807) is 18.4 Å². The monoisotopic (exact) mass is 300 g/mol. The van der Waals surface area contributed by atoms with Crippen LogP contribution in [-0.4, -0.2) is 36.9 Å². The molecule has 0 aliphatic carbocycles. The highest BCUT2D eigenvalue weighted by atomic mass is 32.1. The first-order chi connectivity index (χ1) is 9.54. The summed E-state index contributed by atoms with van der Waals surface area (Å²) >= 11 is 1.55. The van der Waals surface area contributed by atoms with Crippen molar-refractivity contribution >= 4 is 23.3 Å². The van der Waals surface area contributed by atoms with E-state index < -0.39 is 18.0 Å². The molecule has 0 aromatic carbocycles. The number of carbonyl (C=O) groups excluding carboxylic acids is 1. The second-order valence-electron chi connectivity index (χ2n) is 4.42. The van der Waals surface area contributed by atoms with E-state index in [4.69, 9.17) is 9.84 Å². The number of rotatable bonds is 8. The van der Waals surface area contributed by atoms with Gasteiger partial charge in [0.2, 0.25) is 0 Å². The zero-order valence-corrected chi connectivity index (χ0v) is 12.4. The van der Waals surface area contributed by atoms with E-state index in [-0.39, 0.29) is 6.04 Å². The van der Waals surface area contributed by atoms with Crippen LogP contribution in [0.5, 0.6) is 0 Å². The largest absolute Gasteiger partial charge is 0.480 e. The molecule has 1 rings (SSSR count). The molecule has 0 bridgehead atoms. The van der Waals surface area contributed by atoms with Gasteiger partial charge in [0.05, 0.1) is 6.04 Å². The van der Waals surface area contributed by atoms with E-state index in [1.807, 2.05) is 23.8 Å². The zero-order valence-electron chi connectivity index (χ0n) is 11.6. The van der Waals surface area contributed by atoms with Gasteiger partial charge >= 0.3 is 12.0 Å². The number of hydrogen-bond acceptors (Lipinski definition) is 4. The molecule has 6 nitrogen and oxygen atoms in total. The van der Waals surface area contributed by atoms with Crippen LogP contribution in [-0.2, 0) is 9.53 Å². The van der Waals surface area contributed by atoms with Crippen LogP contribution in [0.4, 0.5) is 4.79 Å². The Bertz CT molecular complexity index is 422. The van der Waals surface area contributed by atoms with Gasteiger partial charge in [0.25, 0.3) is 0 Å². The van der Waals surface area contributed by atoms with Crippen molar-refractivity contribution in [2.45, 2.75) is 31.8 Å². The lowest BCUT2D eigenvalue weighted by Gasteiger charge is -2.18. The molecule has 2 amide bonds. The lowest BCUT2D eigenvalue weighted by atomic mass is 10.1. The Morgan fingerprint density at radius 2 is 2.20 bits per heavy atom. The second-order valence-corrected chi connectivity index (χ2v) is 5.20. The predicted molar refractivity (Wildman–Crippen MR) is 76.9 cm³/mol. The summed E-state index contributed by atoms with van der Waals surface area (Å²) in [5.41, 5.74) is 0.997. The molecule has 0 fully saturated rings. The van der Waals surface area contributed by atoms with Crippen molar-refractivity contribution in [1.29, 1.82) is 0 Å². The average molecular weight is 300 g/mol. The topological polar surface area (TPSA) is 87.7 Å². The number of carboxylic acids is 1. The smallest absolute Gasteiger partial charge is 0.326 e. The maximum Gasteiger partial charge on any atom is 0.326 e. The molecule has 0 saturated heterocycles. The fourth-order valence-corrected chi connectivity index (χ4v) is 2.44. The number of hydrogen-bond donors (Lipinski definition) is 3. The van der Waals surface area contributed by atoms with Crippen LogP contribution in [0.3, 0.4) is 0 Å². The minimum Gasteiger partial charge on any atom is -0.480 e. The van der Waals surface area contributed by atoms with Crippen molar-refractivity contribution in [3.05, 3.63) is 22.4 Å². The number of amides is 2. The first kappa shape index (κ1) is 16.5. The van der Waals surface area contributed by atoms with E-state index >= 15 is 0 Å². The third-order valence-corrected chi connectivity index (χ3v) is 3.54. The van der Waals surface area contributed by atoms with E-state index in [2.05, 4.69) is 10.6 Å². The van der Waals surface area contributed by atoms with Crippen LogP contribution in [0, 0.1) is 0 Å². The molecule has 0 radical (unpaired) electrons. The maximum atomic E-state index is 11.8. The quantitative estimate of drug-likeness (QED) is 0.641. The van der Waals surface area contributed by atoms with E-state index in [1.165, 1.54) is 0 Å². The van der Waals surface area contributed by atoms with Crippen LogP contribution in [0.1, 0.15) is 31.4 Å². The molecule has 0 aliphatic rings. The normalized spacial score (nSPS) is 13.5. The van der Waals surface area contributed by atoms with Crippen molar-refractivity contribution in [1.82, 2.24) is 10.6 Å². The number of methoxy groups -OCH3 is 1. The lowest BCUT2D eigenvalue weighted by molar-refractivity contribution is -0.139. The van der Waals surface area contributed by atoms with Crippen LogP contribution >= 0.6 is 11.3 Å². The second kappa shape index (κ2) is 8.55. The minimum absolute atomic E-state index is 0.158. The number of ether oxygens (including phenoxy) is 1. The zero-order chi connectivity index (χ0) is 15.0. The van der Waals surface area contributed by atoms with Gasteiger partial charge in [-0.15, -0.1) is 0 Å². The van der Waals surface area contributed by atoms with Gasteiger partial charge in [-0.3, -0.25) is 0 Å². The molecule has 2 unspecified atom stereocenters. The predicted octanol–water partition coefficient (Wildman–Crippen LogP) is 1.99. The number of carbonyl (C=O) groups is 2. The fourth-order valence-electron chi connectivity index (χ4n) is 1.69. The van der Waals surface area contributed by atoms with Crippen molar-refractivity contribution < 1.29 is 19.4 Å². The fraction of sp³-hybridized carbons (Fsp3) is 0.538. The first-order valence-electron chi connectivity index (χ1n) is 6.35. The highest BCUT2D eigenvalue weighted by Gasteiger charge is 2.20. The molecular formula is C13H20N2O4S. The van der Waals surface area contributed by atoms with Crippen molar-refractivity contribution in [3.63, 3.8) is 0 Å². The summed E-state index contributed by atoms with van der Waals surface area (Å²) in [7, 11) is 1.55. The molecule has 0 spiro atoms. The Labute approximate surface area is 122 Å². The van der Waals surface area contributed by atoms with Gasteiger partial charge < -0.3 is 20.5 Å². The summed E-state index contributed by atoms with van der Waals surface area (Å²) in [6.07, 6.45) is 0.914. The Morgan fingerprint density at radius 3 is 2.75 bits per heavy atom. The van der Waals surface area contributed by atoms with Crippen molar-refractivity contribution in [2.75, 3.05) is 13.7 Å². The Morgan fingerprint density at radius 1 is 1.45 bits per heavy atom. The number of aliphatic carboxylic acids is 1. The van der Waals surface area contributed by atoms with Gasteiger partial charge in [-0.1, -0.05) is 0 Å². The highest BCUT2D eigenvalue weighted by Crippen LogP contribution is 2.15. The highest BCUT2D eigenvalue weighted by molar-refractivity contribution is 7.07. The molecule has 1 heterocycles. The minimum atomic E-state index is -1.04. The molecule has 3 N–H and O–H groups in total. The van der Waals surface area contributed by atoms with Gasteiger partial charge in [-0.2, -0.15) is 11.3 Å². The Hall–Kier alpha value is -1.60. The lowest BCUT2D eigenvalue weighted by Crippen LogP contribution is -2.46. The molecule has 1 aromatic heterocycles. The SMILES string of the molecule is COCCCC(NC(=O)NC(C)c1ccsc1)C(=O)O. The summed E-state index contributed by atoms with van der Waals surface area (Å²) in [6, 6.07) is 0.381. The number of thiophene rings is 1. The third kappa shape index (κ3) is 5.58. The molecule has 2 atom stereocenters. The van der Waals surface area contributed by atoms with Gasteiger partial charge in [-0.25, -0.2) is 9.59 Å². The number of carboxylic acid groups (broad SMARTS) is 1. The maximum absolute atomic E-state index is 11.8. The van der Waals surface area contributed by atoms with E-state index in [0.29, 0.717) is 19.4 Å². The van der Waals surface area contributed by atoms with Crippen LogP contribution in [0.15, 0.2) is 16.8 Å². The number of nitrogens with one attached hydrogen (secondary N) is 2. The Balaban J connectivity index is 2.43. The molecule has 0 saturated carbocycles. The van der Waals surface area contributed by atoms with Gasteiger partial charge in [0.1, 0.15) is 6.04 Å². The molecule has 20 heavy (non-hydrogen) atoms. The van der Waals surface area contributed by atoms with Gasteiger partial charge in [0.15, 0.2) is 0 Å². The van der Waals surface area contributed by atoms with Gasteiger partial charge in [0, 0.05) is 13.7 Å². The third-order valence-electron chi connectivity index (χ3n) is 2.84. The van der Waals surface area contributed by atoms with Crippen molar-refractivity contribution in [2.24, 2.45) is 0 Å². The van der Waals surface area contributed by atoms with Crippen molar-refractivity contribution in [3.8, 4) is 0 Å². The molecule has 0 aliphatic heterocycles. The standard InChI is InChI=1S/C13H20N2O4S/c1-9(10-5-7-20-8-10)14-13(18)15-11(12(16)17)4-3-6-19-2/h5,7-9,11H,3-4,6H2,1-2H3,(H,16,17)(H2,14,15,18). The van der Waals surface area contributed by atoms with Gasteiger partial charge in [-0.05, 0) is 42.2 Å². The summed E-state index contributed by atoms with van der Waals surface area (Å²) in [5.74, 6) is -1.04. The van der Waals surface area contributed by atoms with Crippen LogP contribution in [0.2, 0.25) is 0 Å². The van der Waals surface area contributed by atoms with Crippen LogP contribution in [0.25, 0.3) is 0 Å². The summed E-state index contributed by atoms with van der Waals surface area (Å²) in [6.45, 7) is 2.32. The molecule has 7 heteroatoms. The average Bonchev–Trinajstić information content (AvgIpc) is 2.91. The number of urea groups is 1. The Kier molecular flexibility index (Phi) is 7.03. The van der Waals surface area contributed by atoms with E-state index in [0.717, 1.165) is 5.56 Å².